The fourth-order valence-corrected chi connectivity index (χ4v) is 0.857. The van der Waals surface area contributed by atoms with Crippen molar-refractivity contribution in [2.75, 3.05) is 0 Å². The van der Waals surface area contributed by atoms with E-state index in [-0.39, 0.29) is 5.88 Å². The molecule has 0 atom stereocenters. The molecule has 1 rings (SSSR count). The molecule has 0 radical (unpaired) electrons. The van der Waals surface area contributed by atoms with Crippen molar-refractivity contribution in [2.24, 2.45) is 0 Å². The van der Waals surface area contributed by atoms with E-state index in [1.807, 2.05) is 0 Å². The lowest BCUT2D eigenvalue weighted by Gasteiger charge is -2.03. The average Bonchev–Trinajstić information content (AvgIpc) is 2.03. The Morgan fingerprint density at radius 3 is 2.85 bits per heavy atom. The summed E-state index contributed by atoms with van der Waals surface area (Å²) >= 11 is 0. The van der Waals surface area contributed by atoms with Crippen LogP contribution in [0, 0.1) is 19.3 Å². The molecule has 13 heavy (non-hydrogen) atoms. The van der Waals surface area contributed by atoms with Gasteiger partial charge in [-0.2, -0.15) is 0 Å². The number of terminal acetylenes is 1. The second kappa shape index (κ2) is 3.72. The van der Waals surface area contributed by atoms with Crippen LogP contribution in [0.5, 0.6) is 5.88 Å². The van der Waals surface area contributed by atoms with Crippen molar-refractivity contribution >= 4 is 5.97 Å². The molecule has 0 aliphatic carbocycles. The minimum Gasteiger partial charge on any atom is -0.406 e. The highest BCUT2D eigenvalue weighted by Gasteiger charge is 2.05. The number of hydrogen-bond donors (Lipinski definition) is 0. The Balaban J connectivity index is 3.10. The molecule has 66 valence electrons. The fraction of sp³-hybridized carbons (Fsp3) is 0.200. The van der Waals surface area contributed by atoms with Gasteiger partial charge >= 0.3 is 5.97 Å². The third kappa shape index (κ3) is 2.31. The third-order valence-corrected chi connectivity index (χ3v) is 1.40. The van der Waals surface area contributed by atoms with Crippen molar-refractivity contribution in [3.8, 4) is 18.2 Å². The van der Waals surface area contributed by atoms with E-state index in [1.54, 1.807) is 19.1 Å². The highest BCUT2D eigenvalue weighted by atomic mass is 16.5. The van der Waals surface area contributed by atoms with E-state index in [2.05, 4.69) is 10.9 Å². The van der Waals surface area contributed by atoms with Crippen molar-refractivity contribution in [3.63, 3.8) is 0 Å². The first-order chi connectivity index (χ1) is 6.13. The molecule has 0 spiro atoms. The van der Waals surface area contributed by atoms with Crippen LogP contribution in [-0.2, 0) is 4.79 Å². The van der Waals surface area contributed by atoms with E-state index in [4.69, 9.17) is 11.2 Å². The second-order valence-electron chi connectivity index (χ2n) is 2.54. The van der Waals surface area contributed by atoms with Gasteiger partial charge in [-0.05, 0) is 19.1 Å². The maximum atomic E-state index is 10.7. The Morgan fingerprint density at radius 1 is 1.62 bits per heavy atom. The summed E-state index contributed by atoms with van der Waals surface area (Å²) < 4.78 is 4.82. The normalized spacial score (nSPS) is 9.00. The van der Waals surface area contributed by atoms with Gasteiger partial charge < -0.3 is 4.74 Å². The Bertz CT molecular complexity index is 377. The molecule has 0 saturated heterocycles. The van der Waals surface area contributed by atoms with Gasteiger partial charge in [0.1, 0.15) is 0 Å². The van der Waals surface area contributed by atoms with Crippen molar-refractivity contribution in [2.45, 2.75) is 13.8 Å². The zero-order valence-corrected chi connectivity index (χ0v) is 7.50. The van der Waals surface area contributed by atoms with Crippen LogP contribution < -0.4 is 4.74 Å². The third-order valence-electron chi connectivity index (χ3n) is 1.40. The molecule has 1 heterocycles. The molecule has 0 fully saturated rings. The van der Waals surface area contributed by atoms with E-state index in [9.17, 15) is 4.79 Å². The molecule has 3 heteroatoms. The van der Waals surface area contributed by atoms with E-state index < -0.39 is 5.97 Å². The summed E-state index contributed by atoms with van der Waals surface area (Å²) in [6.07, 6.45) is 5.20. The van der Waals surface area contributed by atoms with Gasteiger partial charge in [0.05, 0.1) is 5.56 Å². The number of rotatable bonds is 1. The molecule has 0 amide bonds. The number of aryl methyl sites for hydroxylation is 1. The number of carbonyl (C=O) groups is 1. The molecule has 0 aliphatic heterocycles. The predicted octanol–water partition coefficient (Wildman–Crippen LogP) is 1.30. The summed E-state index contributed by atoms with van der Waals surface area (Å²) in [6.45, 7) is 3.11. The molecule has 1 aromatic rings. The fourth-order valence-electron chi connectivity index (χ4n) is 0.857. The van der Waals surface area contributed by atoms with Gasteiger partial charge in [0.2, 0.25) is 5.88 Å². The quantitative estimate of drug-likeness (QED) is 0.477. The van der Waals surface area contributed by atoms with Crippen LogP contribution in [0.25, 0.3) is 0 Å². The van der Waals surface area contributed by atoms with Crippen LogP contribution in [0.2, 0.25) is 0 Å². The second-order valence-corrected chi connectivity index (χ2v) is 2.54. The molecule has 0 N–H and O–H groups in total. The number of nitrogens with zero attached hydrogens (tertiary/aromatic N) is 1. The zero-order valence-electron chi connectivity index (χ0n) is 7.50. The Hall–Kier alpha value is -1.82. The number of carbonyl (C=O) groups excluding carboxylic acids is 1. The molecule has 0 bridgehead atoms. The molecule has 0 aromatic carbocycles. The van der Waals surface area contributed by atoms with Crippen LogP contribution >= 0.6 is 0 Å². The van der Waals surface area contributed by atoms with E-state index in [0.717, 1.165) is 5.69 Å². The topological polar surface area (TPSA) is 39.2 Å². The number of esters is 1. The lowest BCUT2D eigenvalue weighted by molar-refractivity contribution is -0.132. The van der Waals surface area contributed by atoms with Crippen LogP contribution in [0.1, 0.15) is 18.2 Å². The molecule has 3 nitrogen and oxygen atoms in total. The van der Waals surface area contributed by atoms with Gasteiger partial charge in [-0.15, -0.1) is 6.42 Å². The van der Waals surface area contributed by atoms with Crippen molar-refractivity contribution in [3.05, 3.63) is 23.4 Å². The maximum absolute atomic E-state index is 10.7. The molecule has 0 unspecified atom stereocenters. The number of hydrogen-bond acceptors (Lipinski definition) is 3. The van der Waals surface area contributed by atoms with Crippen LogP contribution in [-0.4, -0.2) is 11.0 Å². The number of pyridine rings is 1. The Labute approximate surface area is 76.8 Å². The van der Waals surface area contributed by atoms with Gasteiger partial charge in [0.25, 0.3) is 0 Å². The monoisotopic (exact) mass is 175 g/mol. The number of aromatic nitrogens is 1. The molecule has 0 saturated carbocycles. The Kier molecular flexibility index (Phi) is 2.65. The smallest absolute Gasteiger partial charge is 0.309 e. The van der Waals surface area contributed by atoms with Crippen molar-refractivity contribution < 1.29 is 9.53 Å². The first kappa shape index (κ1) is 9.27. The predicted molar refractivity (Wildman–Crippen MR) is 48.2 cm³/mol. The number of ether oxygens (including phenoxy) is 1. The Morgan fingerprint density at radius 2 is 2.31 bits per heavy atom. The lowest BCUT2D eigenvalue weighted by Crippen LogP contribution is -2.05. The molecular weight excluding hydrogens is 166 g/mol. The minimum atomic E-state index is -0.422. The van der Waals surface area contributed by atoms with Crippen molar-refractivity contribution in [1.29, 1.82) is 0 Å². The van der Waals surface area contributed by atoms with E-state index in [1.165, 1.54) is 6.92 Å². The summed E-state index contributed by atoms with van der Waals surface area (Å²) in [5.74, 6) is 2.17. The SMILES string of the molecule is C#Cc1ccc(C)nc1OC(C)=O. The van der Waals surface area contributed by atoms with Crippen LogP contribution in [0.4, 0.5) is 0 Å². The summed E-state index contributed by atoms with van der Waals surface area (Å²) in [6, 6.07) is 3.46. The summed E-state index contributed by atoms with van der Waals surface area (Å²) in [7, 11) is 0. The maximum Gasteiger partial charge on any atom is 0.309 e. The summed E-state index contributed by atoms with van der Waals surface area (Å²) in [5.41, 5.74) is 1.25. The van der Waals surface area contributed by atoms with Gasteiger partial charge in [-0.25, -0.2) is 4.98 Å². The molecule has 1 aromatic heterocycles. The first-order valence-corrected chi connectivity index (χ1v) is 3.76. The van der Waals surface area contributed by atoms with E-state index in [0.29, 0.717) is 5.56 Å². The largest absolute Gasteiger partial charge is 0.406 e. The van der Waals surface area contributed by atoms with Gasteiger partial charge in [0, 0.05) is 12.6 Å². The molecular formula is C10H9NO2. The highest BCUT2D eigenvalue weighted by Crippen LogP contribution is 2.14. The van der Waals surface area contributed by atoms with Crippen molar-refractivity contribution in [1.82, 2.24) is 4.98 Å². The van der Waals surface area contributed by atoms with Crippen LogP contribution in [0.3, 0.4) is 0 Å². The van der Waals surface area contributed by atoms with Crippen LogP contribution in [0.15, 0.2) is 12.1 Å². The lowest BCUT2D eigenvalue weighted by atomic mass is 10.2. The standard InChI is InChI=1S/C10H9NO2/c1-4-9-6-5-7(2)11-10(9)13-8(3)12/h1,5-6H,2-3H3. The average molecular weight is 175 g/mol. The first-order valence-electron chi connectivity index (χ1n) is 3.76. The zero-order chi connectivity index (χ0) is 9.84. The molecule has 0 aliphatic rings. The highest BCUT2D eigenvalue weighted by molar-refractivity contribution is 5.69. The summed E-state index contributed by atoms with van der Waals surface area (Å²) in [5, 5.41) is 0. The van der Waals surface area contributed by atoms with E-state index >= 15 is 0 Å². The van der Waals surface area contributed by atoms with Gasteiger partial charge in [-0.3, -0.25) is 4.79 Å². The van der Waals surface area contributed by atoms with Gasteiger partial charge in [-0.1, -0.05) is 5.92 Å². The van der Waals surface area contributed by atoms with Gasteiger partial charge in [0.15, 0.2) is 0 Å². The minimum absolute atomic E-state index is 0.204. The summed E-state index contributed by atoms with van der Waals surface area (Å²) in [4.78, 5) is 14.7.